The van der Waals surface area contributed by atoms with Crippen molar-refractivity contribution >= 4 is 29.7 Å². The Balaban J connectivity index is 2.75. The molecule has 7 heteroatoms. The smallest absolute Gasteiger partial charge is 0.408 e. The number of rotatable bonds is 5. The summed E-state index contributed by atoms with van der Waals surface area (Å²) in [6, 6.07) is 6.15. The molecule has 1 aromatic rings. The predicted molar refractivity (Wildman–Crippen MR) is 95.0 cm³/mol. The highest BCUT2D eigenvalue weighted by Gasteiger charge is 2.21. The summed E-state index contributed by atoms with van der Waals surface area (Å²) < 4.78 is 9.66. The molecule has 0 radical (unpaired) electrons. The molecule has 1 unspecified atom stereocenters. The van der Waals surface area contributed by atoms with E-state index < -0.39 is 29.6 Å². The van der Waals surface area contributed by atoms with E-state index in [0.29, 0.717) is 11.3 Å². The number of hydrogen-bond donors (Lipinski definition) is 2. The van der Waals surface area contributed by atoms with Crippen LogP contribution >= 0.6 is 0 Å². The minimum atomic E-state index is -0.799. The van der Waals surface area contributed by atoms with Gasteiger partial charge >= 0.3 is 12.1 Å². The highest BCUT2D eigenvalue weighted by Crippen LogP contribution is 2.17. The summed E-state index contributed by atoms with van der Waals surface area (Å²) in [6.45, 7) is 6.76. The molecule has 0 bridgehead atoms. The van der Waals surface area contributed by atoms with E-state index in [-0.39, 0.29) is 0 Å². The predicted octanol–water partition coefficient (Wildman–Crippen LogP) is 2.72. The van der Waals surface area contributed by atoms with Gasteiger partial charge < -0.3 is 20.1 Å². The molecule has 0 aliphatic rings. The number of nitrogens with one attached hydrogen (secondary N) is 2. The molecule has 0 aromatic heterocycles. The Bertz CT molecular complexity index is 662. The second-order valence-electron chi connectivity index (χ2n) is 6.30. The number of carbonyl (C=O) groups excluding carboxylic acids is 3. The number of benzene rings is 1. The Morgan fingerprint density at radius 1 is 1.16 bits per heavy atom. The van der Waals surface area contributed by atoms with Crippen molar-refractivity contribution in [3.8, 4) is 0 Å². The monoisotopic (exact) mass is 348 g/mol. The van der Waals surface area contributed by atoms with E-state index in [0.717, 1.165) is 0 Å². The lowest BCUT2D eigenvalue weighted by Gasteiger charge is -2.21. The Morgan fingerprint density at radius 2 is 1.80 bits per heavy atom. The van der Waals surface area contributed by atoms with Gasteiger partial charge in [0.05, 0.1) is 7.11 Å². The van der Waals surface area contributed by atoms with Crippen molar-refractivity contribution in [1.82, 2.24) is 5.32 Å². The SMILES string of the molecule is COC(=O)C=Cc1ccccc1NC(=O)C(C)NC(=O)OC(C)(C)C. The van der Waals surface area contributed by atoms with E-state index in [1.807, 2.05) is 0 Å². The molecule has 0 heterocycles. The minimum Gasteiger partial charge on any atom is -0.466 e. The Kier molecular flexibility index (Phi) is 7.17. The third-order valence-electron chi connectivity index (χ3n) is 2.95. The standard InChI is InChI=1S/C18H24N2O5/c1-12(19-17(23)25-18(2,3)4)16(22)20-14-9-7-6-8-13(14)10-11-15(21)24-5/h6-12H,1-5H3,(H,19,23)(H,20,22). The molecule has 1 atom stereocenters. The lowest BCUT2D eigenvalue weighted by molar-refractivity contribution is -0.134. The maximum Gasteiger partial charge on any atom is 0.408 e. The third-order valence-corrected chi connectivity index (χ3v) is 2.95. The second kappa shape index (κ2) is 8.86. The molecule has 2 N–H and O–H groups in total. The van der Waals surface area contributed by atoms with Crippen LogP contribution in [0.4, 0.5) is 10.5 Å². The summed E-state index contributed by atoms with van der Waals surface area (Å²) in [5.74, 6) is -0.911. The first-order chi connectivity index (χ1) is 11.6. The van der Waals surface area contributed by atoms with Crippen LogP contribution in [-0.4, -0.2) is 36.7 Å². The normalized spacial score (nSPS) is 12.4. The molecule has 0 aliphatic heterocycles. The van der Waals surface area contributed by atoms with Gasteiger partial charge in [-0.3, -0.25) is 4.79 Å². The third kappa shape index (κ3) is 7.52. The summed E-state index contributed by atoms with van der Waals surface area (Å²) in [5, 5.41) is 5.18. The molecule has 1 aromatic carbocycles. The lowest BCUT2D eigenvalue weighted by atomic mass is 10.1. The molecule has 0 spiro atoms. The largest absolute Gasteiger partial charge is 0.466 e. The average molecular weight is 348 g/mol. The zero-order valence-corrected chi connectivity index (χ0v) is 15.1. The quantitative estimate of drug-likeness (QED) is 0.630. The molecule has 0 aliphatic carbocycles. The van der Waals surface area contributed by atoms with Gasteiger partial charge in [0.25, 0.3) is 0 Å². The number of alkyl carbamates (subject to hydrolysis) is 1. The fourth-order valence-electron chi connectivity index (χ4n) is 1.77. The molecule has 0 saturated carbocycles. The average Bonchev–Trinajstić information content (AvgIpc) is 2.51. The van der Waals surface area contributed by atoms with Gasteiger partial charge in [-0.25, -0.2) is 9.59 Å². The van der Waals surface area contributed by atoms with Crippen LogP contribution in [0.2, 0.25) is 0 Å². The van der Waals surface area contributed by atoms with Crippen molar-refractivity contribution < 1.29 is 23.9 Å². The van der Waals surface area contributed by atoms with E-state index in [4.69, 9.17) is 4.74 Å². The molecular formula is C18H24N2O5. The van der Waals surface area contributed by atoms with Gasteiger partial charge in [0, 0.05) is 11.8 Å². The molecule has 136 valence electrons. The number of methoxy groups -OCH3 is 1. The van der Waals surface area contributed by atoms with Gasteiger partial charge in [-0.1, -0.05) is 18.2 Å². The topological polar surface area (TPSA) is 93.7 Å². The van der Waals surface area contributed by atoms with E-state index >= 15 is 0 Å². The number of anilines is 1. The highest BCUT2D eigenvalue weighted by atomic mass is 16.6. The molecular weight excluding hydrogens is 324 g/mol. The van der Waals surface area contributed by atoms with Crippen molar-refractivity contribution in [2.24, 2.45) is 0 Å². The van der Waals surface area contributed by atoms with Crippen LogP contribution in [0.5, 0.6) is 0 Å². The molecule has 7 nitrogen and oxygen atoms in total. The van der Waals surface area contributed by atoms with Crippen LogP contribution in [0.3, 0.4) is 0 Å². The molecule has 2 amide bonds. The molecule has 0 saturated heterocycles. The first-order valence-corrected chi connectivity index (χ1v) is 7.78. The summed E-state index contributed by atoms with van der Waals surface area (Å²) in [6.07, 6.45) is 2.12. The van der Waals surface area contributed by atoms with E-state index in [1.165, 1.54) is 19.3 Å². The molecule has 1 rings (SSSR count). The number of amides is 2. The maximum absolute atomic E-state index is 12.3. The number of ether oxygens (including phenoxy) is 2. The summed E-state index contributed by atoms with van der Waals surface area (Å²) in [5.41, 5.74) is 0.488. The van der Waals surface area contributed by atoms with Gasteiger partial charge in [0.15, 0.2) is 0 Å². The van der Waals surface area contributed by atoms with Crippen molar-refractivity contribution in [1.29, 1.82) is 0 Å². The summed E-state index contributed by atoms with van der Waals surface area (Å²) >= 11 is 0. The Hall–Kier alpha value is -2.83. The fraction of sp³-hybridized carbons (Fsp3) is 0.389. The van der Waals surface area contributed by atoms with Gasteiger partial charge in [-0.05, 0) is 45.4 Å². The van der Waals surface area contributed by atoms with Crippen LogP contribution in [0.1, 0.15) is 33.3 Å². The van der Waals surface area contributed by atoms with Crippen LogP contribution in [0.15, 0.2) is 30.3 Å². The zero-order chi connectivity index (χ0) is 19.0. The number of carbonyl (C=O) groups is 3. The van der Waals surface area contributed by atoms with E-state index in [9.17, 15) is 14.4 Å². The summed E-state index contributed by atoms with van der Waals surface area (Å²) in [4.78, 5) is 35.2. The van der Waals surface area contributed by atoms with Crippen molar-refractivity contribution in [2.75, 3.05) is 12.4 Å². The van der Waals surface area contributed by atoms with Crippen LogP contribution < -0.4 is 10.6 Å². The first kappa shape index (κ1) is 20.2. The van der Waals surface area contributed by atoms with E-state index in [1.54, 1.807) is 52.0 Å². The fourth-order valence-corrected chi connectivity index (χ4v) is 1.77. The van der Waals surface area contributed by atoms with Gasteiger partial charge in [-0.15, -0.1) is 0 Å². The van der Waals surface area contributed by atoms with Crippen molar-refractivity contribution in [3.63, 3.8) is 0 Å². The van der Waals surface area contributed by atoms with Crippen molar-refractivity contribution in [3.05, 3.63) is 35.9 Å². The lowest BCUT2D eigenvalue weighted by Crippen LogP contribution is -2.44. The van der Waals surface area contributed by atoms with Crippen LogP contribution in [0, 0.1) is 0 Å². The number of esters is 1. The number of para-hydroxylation sites is 1. The van der Waals surface area contributed by atoms with Gasteiger partial charge in [0.2, 0.25) is 5.91 Å². The van der Waals surface area contributed by atoms with Gasteiger partial charge in [-0.2, -0.15) is 0 Å². The Labute approximate surface area is 147 Å². The van der Waals surface area contributed by atoms with Crippen molar-refractivity contribution in [2.45, 2.75) is 39.3 Å². The Morgan fingerprint density at radius 3 is 2.40 bits per heavy atom. The second-order valence-corrected chi connectivity index (χ2v) is 6.30. The minimum absolute atomic E-state index is 0.412. The summed E-state index contributed by atoms with van der Waals surface area (Å²) in [7, 11) is 1.28. The van der Waals surface area contributed by atoms with Crippen LogP contribution in [-0.2, 0) is 19.1 Å². The van der Waals surface area contributed by atoms with E-state index in [2.05, 4.69) is 15.4 Å². The number of hydrogen-bond acceptors (Lipinski definition) is 5. The van der Waals surface area contributed by atoms with Crippen LogP contribution in [0.25, 0.3) is 6.08 Å². The highest BCUT2D eigenvalue weighted by molar-refractivity contribution is 5.98. The first-order valence-electron chi connectivity index (χ1n) is 7.78. The zero-order valence-electron chi connectivity index (χ0n) is 15.1. The molecule has 0 fully saturated rings. The van der Waals surface area contributed by atoms with Gasteiger partial charge in [0.1, 0.15) is 11.6 Å². The molecule has 25 heavy (non-hydrogen) atoms. The maximum atomic E-state index is 12.3.